The first-order chi connectivity index (χ1) is 18.7. The molecule has 2 amide bonds. The number of piperidine rings is 1. The summed E-state index contributed by atoms with van der Waals surface area (Å²) in [6.45, 7) is 6.85. The van der Waals surface area contributed by atoms with Crippen molar-refractivity contribution in [2.75, 3.05) is 54.6 Å². The molecule has 2 fully saturated rings. The Labute approximate surface area is 227 Å². The van der Waals surface area contributed by atoms with E-state index in [9.17, 15) is 13.2 Å². The standard InChI is InChI=1S/C26H34N8O4S/c1-17-16-38-13-12-34(17)23-14-22(26(39(3,36)37)8-10-27-11-9-26)31-24(32-23)19-4-6-20(7-5-19)29-25(35)30-21-15-28-33-18(21)2/h4-7,14-15,17,27H,8-13,16H2,1-3H3,(H,28,33)(H2,29,30,35)/t17-/m0/s1. The van der Waals surface area contributed by atoms with Gasteiger partial charge in [-0.2, -0.15) is 5.10 Å². The van der Waals surface area contributed by atoms with Crippen LogP contribution in [0.5, 0.6) is 0 Å². The van der Waals surface area contributed by atoms with Gasteiger partial charge in [-0.3, -0.25) is 5.10 Å². The van der Waals surface area contributed by atoms with E-state index < -0.39 is 20.6 Å². The molecule has 0 unspecified atom stereocenters. The number of H-pyrrole nitrogens is 1. The maximum Gasteiger partial charge on any atom is 0.323 e. The van der Waals surface area contributed by atoms with Crippen molar-refractivity contribution in [3.05, 3.63) is 47.9 Å². The highest BCUT2D eigenvalue weighted by molar-refractivity contribution is 7.91. The quantitative estimate of drug-likeness (QED) is 0.360. The van der Waals surface area contributed by atoms with Crippen molar-refractivity contribution in [2.24, 2.45) is 0 Å². The van der Waals surface area contributed by atoms with Crippen molar-refractivity contribution < 1.29 is 17.9 Å². The van der Waals surface area contributed by atoms with Crippen LogP contribution in [-0.4, -0.2) is 79.8 Å². The zero-order chi connectivity index (χ0) is 27.6. The number of hydrogen-bond donors (Lipinski definition) is 4. The molecule has 12 nitrogen and oxygen atoms in total. The van der Waals surface area contributed by atoms with Gasteiger partial charge in [0, 0.05) is 30.1 Å². The molecule has 2 saturated heterocycles. The molecule has 4 heterocycles. The Hall–Kier alpha value is -3.55. The van der Waals surface area contributed by atoms with Crippen LogP contribution in [0, 0.1) is 6.92 Å². The third-order valence-electron chi connectivity index (χ3n) is 7.44. The number of benzene rings is 1. The van der Waals surface area contributed by atoms with Crippen LogP contribution < -0.4 is 20.9 Å². The number of aromatic nitrogens is 4. The number of rotatable bonds is 6. The second-order valence-corrected chi connectivity index (χ2v) is 12.5. The molecule has 2 aliphatic heterocycles. The summed E-state index contributed by atoms with van der Waals surface area (Å²) in [5.74, 6) is 1.12. The molecule has 0 aliphatic carbocycles. The highest BCUT2D eigenvalue weighted by atomic mass is 32.2. The lowest BCUT2D eigenvalue weighted by Crippen LogP contribution is -2.47. The Morgan fingerprint density at radius 2 is 1.90 bits per heavy atom. The van der Waals surface area contributed by atoms with Crippen LogP contribution in [0.15, 0.2) is 36.5 Å². The molecule has 208 valence electrons. The van der Waals surface area contributed by atoms with Gasteiger partial charge in [0.2, 0.25) is 0 Å². The van der Waals surface area contributed by atoms with Gasteiger partial charge < -0.3 is 25.6 Å². The largest absolute Gasteiger partial charge is 0.377 e. The molecule has 1 aromatic carbocycles. The molecule has 3 aromatic rings. The second kappa shape index (κ2) is 10.9. The van der Waals surface area contributed by atoms with Crippen LogP contribution in [0.4, 0.5) is 22.0 Å². The fourth-order valence-corrected chi connectivity index (χ4v) is 6.55. The van der Waals surface area contributed by atoms with Gasteiger partial charge in [-0.1, -0.05) is 0 Å². The Kier molecular flexibility index (Phi) is 7.56. The predicted molar refractivity (Wildman–Crippen MR) is 150 cm³/mol. The molecule has 2 aliphatic rings. The molecule has 2 aromatic heterocycles. The number of nitrogens with zero attached hydrogens (tertiary/aromatic N) is 4. The Bertz CT molecular complexity index is 1430. The van der Waals surface area contributed by atoms with Crippen molar-refractivity contribution in [1.82, 2.24) is 25.5 Å². The minimum Gasteiger partial charge on any atom is -0.377 e. The fourth-order valence-electron chi connectivity index (χ4n) is 5.12. The zero-order valence-corrected chi connectivity index (χ0v) is 23.1. The van der Waals surface area contributed by atoms with Gasteiger partial charge in [-0.05, 0) is 64.0 Å². The first-order valence-electron chi connectivity index (χ1n) is 13.0. The summed E-state index contributed by atoms with van der Waals surface area (Å²) >= 11 is 0. The van der Waals surface area contributed by atoms with E-state index in [1.54, 1.807) is 18.3 Å². The number of urea groups is 1. The number of nitrogens with one attached hydrogen (secondary N) is 4. The highest BCUT2D eigenvalue weighted by Crippen LogP contribution is 2.39. The normalized spacial score (nSPS) is 19.5. The molecular formula is C26H34N8O4S. The van der Waals surface area contributed by atoms with Crippen LogP contribution in [0.1, 0.15) is 31.2 Å². The van der Waals surface area contributed by atoms with Crippen molar-refractivity contribution >= 4 is 33.1 Å². The Morgan fingerprint density at radius 1 is 1.15 bits per heavy atom. The van der Waals surface area contributed by atoms with E-state index in [0.29, 0.717) is 80.0 Å². The third-order valence-corrected chi connectivity index (χ3v) is 9.48. The molecule has 1 atom stereocenters. The van der Waals surface area contributed by atoms with Crippen molar-refractivity contribution in [3.63, 3.8) is 0 Å². The second-order valence-electron chi connectivity index (χ2n) is 10.1. The summed E-state index contributed by atoms with van der Waals surface area (Å²) in [5, 5.41) is 15.5. The fraction of sp³-hybridized carbons (Fsp3) is 0.462. The van der Waals surface area contributed by atoms with Crippen LogP contribution in [0.3, 0.4) is 0 Å². The predicted octanol–water partition coefficient (Wildman–Crippen LogP) is 2.67. The van der Waals surface area contributed by atoms with Crippen molar-refractivity contribution in [2.45, 2.75) is 37.5 Å². The first kappa shape index (κ1) is 27.0. The molecule has 0 spiro atoms. The summed E-state index contributed by atoms with van der Waals surface area (Å²) in [7, 11) is -3.48. The molecule has 5 rings (SSSR count). The van der Waals surface area contributed by atoms with E-state index in [1.807, 2.05) is 25.1 Å². The van der Waals surface area contributed by atoms with Gasteiger partial charge in [-0.15, -0.1) is 0 Å². The number of aromatic amines is 1. The van der Waals surface area contributed by atoms with E-state index in [0.717, 1.165) is 5.69 Å². The van der Waals surface area contributed by atoms with Gasteiger partial charge in [0.1, 0.15) is 10.6 Å². The van der Waals surface area contributed by atoms with E-state index in [4.69, 9.17) is 14.7 Å². The zero-order valence-electron chi connectivity index (χ0n) is 22.3. The lowest BCUT2D eigenvalue weighted by molar-refractivity contribution is 0.0985. The van der Waals surface area contributed by atoms with E-state index in [1.165, 1.54) is 6.26 Å². The van der Waals surface area contributed by atoms with Gasteiger partial charge >= 0.3 is 6.03 Å². The minimum absolute atomic E-state index is 0.0838. The number of anilines is 3. The lowest BCUT2D eigenvalue weighted by Gasteiger charge is -2.38. The third kappa shape index (κ3) is 5.60. The number of amides is 2. The van der Waals surface area contributed by atoms with Crippen LogP contribution in [0.2, 0.25) is 0 Å². The van der Waals surface area contributed by atoms with Gasteiger partial charge in [0.05, 0.1) is 42.5 Å². The number of carbonyl (C=O) groups is 1. The summed E-state index contributed by atoms with van der Waals surface area (Å²) < 4.78 is 31.0. The SMILES string of the molecule is Cc1[nH]ncc1NC(=O)Nc1ccc(-c2nc(N3CCOC[C@@H]3C)cc(C3(S(C)(=O)=O)CCNCC3)n2)cc1. The van der Waals surface area contributed by atoms with Crippen molar-refractivity contribution in [1.29, 1.82) is 0 Å². The Balaban J connectivity index is 1.48. The molecule has 0 bridgehead atoms. The van der Waals surface area contributed by atoms with Gasteiger partial charge in [-0.25, -0.2) is 23.2 Å². The number of hydrogen-bond acceptors (Lipinski definition) is 9. The van der Waals surface area contributed by atoms with Crippen molar-refractivity contribution in [3.8, 4) is 11.4 Å². The van der Waals surface area contributed by atoms with Gasteiger partial charge in [0.25, 0.3) is 0 Å². The Morgan fingerprint density at radius 3 is 2.54 bits per heavy atom. The van der Waals surface area contributed by atoms with Crippen LogP contribution in [-0.2, 0) is 19.3 Å². The summed E-state index contributed by atoms with van der Waals surface area (Å²) in [6.07, 6.45) is 3.72. The van der Waals surface area contributed by atoms with Gasteiger partial charge in [0.15, 0.2) is 15.7 Å². The van der Waals surface area contributed by atoms with Crippen LogP contribution >= 0.6 is 0 Å². The number of morpholine rings is 1. The lowest BCUT2D eigenvalue weighted by atomic mass is 9.92. The molecule has 0 saturated carbocycles. The number of aryl methyl sites for hydroxylation is 1. The average Bonchev–Trinajstić information content (AvgIpc) is 3.32. The van der Waals surface area contributed by atoms with Crippen LogP contribution in [0.25, 0.3) is 11.4 Å². The molecular weight excluding hydrogens is 520 g/mol. The summed E-state index contributed by atoms with van der Waals surface area (Å²) in [5.41, 5.74) is 3.16. The number of sulfone groups is 1. The van der Waals surface area contributed by atoms with E-state index in [-0.39, 0.29) is 6.04 Å². The molecule has 0 radical (unpaired) electrons. The summed E-state index contributed by atoms with van der Waals surface area (Å²) in [6, 6.07) is 8.70. The topological polar surface area (TPSA) is 154 Å². The first-order valence-corrected chi connectivity index (χ1v) is 14.9. The number of carbonyl (C=O) groups excluding carboxylic acids is 1. The van der Waals surface area contributed by atoms with E-state index in [2.05, 4.69) is 38.0 Å². The average molecular weight is 555 g/mol. The molecule has 39 heavy (non-hydrogen) atoms. The monoisotopic (exact) mass is 554 g/mol. The maximum absolute atomic E-state index is 13.2. The molecule has 13 heteroatoms. The maximum atomic E-state index is 13.2. The smallest absolute Gasteiger partial charge is 0.323 e. The molecule has 4 N–H and O–H groups in total. The number of ether oxygens (including phenoxy) is 1. The minimum atomic E-state index is -3.48. The summed E-state index contributed by atoms with van der Waals surface area (Å²) in [4.78, 5) is 24.3. The van der Waals surface area contributed by atoms with E-state index >= 15 is 0 Å². The highest BCUT2D eigenvalue weighted by Gasteiger charge is 2.45.